The maximum Gasteiger partial charge on any atom is 0.256 e. The van der Waals surface area contributed by atoms with Gasteiger partial charge in [-0.1, -0.05) is 0 Å². The molecule has 6 nitrogen and oxygen atoms in total. The van der Waals surface area contributed by atoms with Crippen LogP contribution < -0.4 is 10.5 Å². The van der Waals surface area contributed by atoms with Crippen molar-refractivity contribution in [3.63, 3.8) is 0 Å². The second kappa shape index (κ2) is 5.93. The summed E-state index contributed by atoms with van der Waals surface area (Å²) in [5, 5.41) is 1.01. The summed E-state index contributed by atoms with van der Waals surface area (Å²) >= 11 is 1.47. The van der Waals surface area contributed by atoms with Crippen molar-refractivity contribution >= 4 is 16.7 Å². The van der Waals surface area contributed by atoms with Gasteiger partial charge in [0.05, 0.1) is 6.33 Å². The van der Waals surface area contributed by atoms with Gasteiger partial charge in [-0.25, -0.2) is 9.97 Å². The quantitative estimate of drug-likeness (QED) is 0.862. The maximum atomic E-state index is 12.0. The number of aromatic nitrogens is 4. The summed E-state index contributed by atoms with van der Waals surface area (Å²) in [5.41, 5.74) is 0.784. The van der Waals surface area contributed by atoms with E-state index in [9.17, 15) is 4.79 Å². The highest BCUT2D eigenvalue weighted by Crippen LogP contribution is 2.25. The Labute approximate surface area is 127 Å². The molecule has 21 heavy (non-hydrogen) atoms. The zero-order chi connectivity index (χ0) is 14.8. The fraction of sp³-hybridized carbons (Fsp3) is 0.571. The number of nitrogens with zero attached hydrogens (tertiary/aromatic N) is 5. The minimum absolute atomic E-state index is 0.0761. The van der Waals surface area contributed by atoms with Gasteiger partial charge in [-0.2, -0.15) is 4.37 Å². The molecule has 0 bridgehead atoms. The first-order valence-electron chi connectivity index (χ1n) is 7.20. The van der Waals surface area contributed by atoms with Crippen LogP contribution in [0.2, 0.25) is 0 Å². The third-order valence-electron chi connectivity index (χ3n) is 3.93. The molecule has 0 atom stereocenters. The van der Waals surface area contributed by atoms with Crippen LogP contribution in [-0.2, 0) is 6.54 Å². The number of piperidine rings is 1. The average molecular weight is 305 g/mol. The van der Waals surface area contributed by atoms with Crippen LogP contribution in [0.5, 0.6) is 0 Å². The van der Waals surface area contributed by atoms with Crippen molar-refractivity contribution < 1.29 is 0 Å². The van der Waals surface area contributed by atoms with Crippen LogP contribution in [0.3, 0.4) is 0 Å². The van der Waals surface area contributed by atoms with Crippen LogP contribution in [0.1, 0.15) is 24.2 Å². The van der Waals surface area contributed by atoms with Gasteiger partial charge in [0.2, 0.25) is 5.13 Å². The Balaban J connectivity index is 1.61. The lowest BCUT2D eigenvalue weighted by Gasteiger charge is -2.31. The smallest absolute Gasteiger partial charge is 0.256 e. The predicted molar refractivity (Wildman–Crippen MR) is 82.8 cm³/mol. The van der Waals surface area contributed by atoms with E-state index in [2.05, 4.69) is 19.2 Å². The first-order valence-corrected chi connectivity index (χ1v) is 7.97. The first-order chi connectivity index (χ1) is 10.1. The van der Waals surface area contributed by atoms with Gasteiger partial charge in [-0.05, 0) is 32.6 Å². The molecule has 112 valence electrons. The van der Waals surface area contributed by atoms with Gasteiger partial charge in [0.15, 0.2) is 0 Å². The lowest BCUT2D eigenvalue weighted by atomic mass is 9.97. The van der Waals surface area contributed by atoms with Crippen LogP contribution in [0.4, 0.5) is 5.13 Å². The minimum Gasteiger partial charge on any atom is -0.347 e. The predicted octanol–water partition coefficient (Wildman–Crippen LogP) is 1.63. The number of rotatable bonds is 3. The molecule has 1 aliphatic rings. The third-order valence-corrected chi connectivity index (χ3v) is 4.80. The molecule has 2 aromatic rings. The molecule has 1 fully saturated rings. The Hall–Kier alpha value is -1.76. The molecule has 0 aliphatic carbocycles. The molecular weight excluding hydrogens is 286 g/mol. The molecule has 0 spiro atoms. The van der Waals surface area contributed by atoms with E-state index in [0.29, 0.717) is 11.5 Å². The average Bonchev–Trinajstić information content (AvgIpc) is 2.91. The molecule has 0 N–H and O–H groups in total. The number of hydrogen-bond acceptors (Lipinski definition) is 6. The molecule has 0 unspecified atom stereocenters. The highest BCUT2D eigenvalue weighted by Gasteiger charge is 2.22. The van der Waals surface area contributed by atoms with Crippen LogP contribution in [0, 0.1) is 19.8 Å². The van der Waals surface area contributed by atoms with E-state index in [1.54, 1.807) is 17.1 Å². The molecule has 1 aliphatic heterocycles. The lowest BCUT2D eigenvalue weighted by Crippen LogP contribution is -2.36. The highest BCUT2D eigenvalue weighted by atomic mass is 32.1. The first kappa shape index (κ1) is 14.2. The maximum absolute atomic E-state index is 12.0. The fourth-order valence-corrected chi connectivity index (χ4v) is 3.41. The highest BCUT2D eigenvalue weighted by molar-refractivity contribution is 7.09. The molecular formula is C14H19N5OS. The van der Waals surface area contributed by atoms with E-state index in [1.807, 2.05) is 13.8 Å². The summed E-state index contributed by atoms with van der Waals surface area (Å²) in [5.74, 6) is 1.37. The van der Waals surface area contributed by atoms with E-state index < -0.39 is 0 Å². The summed E-state index contributed by atoms with van der Waals surface area (Å²) in [7, 11) is 0. The summed E-state index contributed by atoms with van der Waals surface area (Å²) in [4.78, 5) is 22.9. The largest absolute Gasteiger partial charge is 0.347 e. The Morgan fingerprint density at radius 1 is 1.33 bits per heavy atom. The molecule has 2 aromatic heterocycles. The van der Waals surface area contributed by atoms with Crippen LogP contribution in [0.25, 0.3) is 0 Å². The van der Waals surface area contributed by atoms with Gasteiger partial charge in [0.25, 0.3) is 5.56 Å². The van der Waals surface area contributed by atoms with Crippen LogP contribution >= 0.6 is 11.5 Å². The molecule has 3 rings (SSSR count). The van der Waals surface area contributed by atoms with Crippen molar-refractivity contribution in [3.05, 3.63) is 34.3 Å². The Bertz CT molecular complexity index is 672. The van der Waals surface area contributed by atoms with Gasteiger partial charge in [-0.3, -0.25) is 9.36 Å². The van der Waals surface area contributed by atoms with Crippen molar-refractivity contribution in [2.24, 2.45) is 5.92 Å². The van der Waals surface area contributed by atoms with E-state index >= 15 is 0 Å². The zero-order valence-electron chi connectivity index (χ0n) is 12.3. The van der Waals surface area contributed by atoms with Crippen LogP contribution in [-0.4, -0.2) is 32.0 Å². The van der Waals surface area contributed by atoms with Crippen molar-refractivity contribution in [2.45, 2.75) is 33.2 Å². The summed E-state index contributed by atoms with van der Waals surface area (Å²) in [6.45, 7) is 6.45. The Kier molecular flexibility index (Phi) is 4.01. The monoisotopic (exact) mass is 305 g/mol. The van der Waals surface area contributed by atoms with Crippen molar-refractivity contribution in [2.75, 3.05) is 18.0 Å². The number of hydrogen-bond donors (Lipinski definition) is 0. The normalized spacial score (nSPS) is 16.4. The summed E-state index contributed by atoms with van der Waals surface area (Å²) in [6, 6.07) is 0. The van der Waals surface area contributed by atoms with Gasteiger partial charge in [-0.15, -0.1) is 0 Å². The second-order valence-corrected chi connectivity index (χ2v) is 6.32. The Morgan fingerprint density at radius 2 is 2.10 bits per heavy atom. The van der Waals surface area contributed by atoms with Gasteiger partial charge >= 0.3 is 0 Å². The number of aryl methyl sites for hydroxylation is 2. The molecule has 3 heterocycles. The third kappa shape index (κ3) is 3.12. The van der Waals surface area contributed by atoms with Crippen molar-refractivity contribution in [3.8, 4) is 0 Å². The van der Waals surface area contributed by atoms with E-state index in [-0.39, 0.29) is 5.56 Å². The zero-order valence-corrected chi connectivity index (χ0v) is 13.1. The second-order valence-electron chi connectivity index (χ2n) is 5.59. The molecule has 7 heteroatoms. The topological polar surface area (TPSA) is 63.9 Å². The summed E-state index contributed by atoms with van der Waals surface area (Å²) in [6.07, 6.45) is 5.41. The van der Waals surface area contributed by atoms with E-state index in [0.717, 1.165) is 43.4 Å². The summed E-state index contributed by atoms with van der Waals surface area (Å²) < 4.78 is 5.98. The van der Waals surface area contributed by atoms with Crippen molar-refractivity contribution in [1.82, 2.24) is 18.9 Å². The van der Waals surface area contributed by atoms with Crippen molar-refractivity contribution in [1.29, 1.82) is 0 Å². The fourth-order valence-electron chi connectivity index (χ4n) is 2.69. The molecule has 1 saturated heterocycles. The SMILES string of the molecule is Cc1nsc(N2CCC(Cn3cncc(C)c3=O)CC2)n1. The van der Waals surface area contributed by atoms with Crippen LogP contribution in [0.15, 0.2) is 17.3 Å². The van der Waals surface area contributed by atoms with Gasteiger partial charge in [0.1, 0.15) is 5.82 Å². The number of anilines is 1. The Morgan fingerprint density at radius 3 is 2.76 bits per heavy atom. The van der Waals surface area contributed by atoms with E-state index in [1.165, 1.54) is 11.5 Å². The molecule has 0 aromatic carbocycles. The molecule has 0 radical (unpaired) electrons. The molecule has 0 amide bonds. The lowest BCUT2D eigenvalue weighted by molar-refractivity contribution is 0.350. The van der Waals surface area contributed by atoms with Gasteiger partial charge < -0.3 is 4.90 Å². The van der Waals surface area contributed by atoms with Gasteiger partial charge in [0, 0.05) is 42.9 Å². The molecule has 0 saturated carbocycles. The minimum atomic E-state index is 0.0761. The van der Waals surface area contributed by atoms with E-state index in [4.69, 9.17) is 0 Å². The standard InChI is InChI=1S/C14H19N5OS/c1-10-7-15-9-19(13(10)20)8-12-3-5-18(6-4-12)14-16-11(2)17-21-14/h7,9,12H,3-6,8H2,1-2H3.